The molecule has 0 radical (unpaired) electrons. The third kappa shape index (κ3) is 7.15. The van der Waals surface area contributed by atoms with E-state index in [2.05, 4.69) is 24.1 Å². The zero-order chi connectivity index (χ0) is 22.3. The van der Waals surface area contributed by atoms with E-state index in [4.69, 9.17) is 33.8 Å². The number of hydrogen-bond donors (Lipinski definition) is 2. The Morgan fingerprint density at radius 1 is 1.17 bits per heavy atom. The van der Waals surface area contributed by atoms with Gasteiger partial charge in [0.05, 0.1) is 18.7 Å². The Morgan fingerprint density at radius 3 is 2.47 bits per heavy atom. The van der Waals surface area contributed by atoms with Crippen LogP contribution in [0.25, 0.3) is 0 Å². The summed E-state index contributed by atoms with van der Waals surface area (Å²) in [5.74, 6) is -0.741. The van der Waals surface area contributed by atoms with Gasteiger partial charge in [-0.15, -0.1) is 0 Å². The predicted octanol–water partition coefficient (Wildman–Crippen LogP) is 5.34. The van der Waals surface area contributed by atoms with Gasteiger partial charge in [0.15, 0.2) is 0 Å². The van der Waals surface area contributed by atoms with E-state index < -0.39 is 0 Å². The second-order valence-corrected chi connectivity index (χ2v) is 8.92. The molecule has 1 fully saturated rings. The van der Waals surface area contributed by atoms with Gasteiger partial charge in [0.1, 0.15) is 11.6 Å². The maximum absolute atomic E-state index is 14.2. The normalized spacial score (nSPS) is 21.3. The van der Waals surface area contributed by atoms with Crippen LogP contribution in [0.4, 0.5) is 8.78 Å². The Bertz CT molecular complexity index is 806. The lowest BCUT2D eigenvalue weighted by atomic mass is 9.82. The zero-order valence-electron chi connectivity index (χ0n) is 17.3. The molecule has 0 saturated carbocycles. The molecule has 4 nitrogen and oxygen atoms in total. The molecule has 1 aliphatic heterocycles. The number of hydrogen-bond acceptors (Lipinski definition) is 4. The van der Waals surface area contributed by atoms with Crippen LogP contribution in [0.1, 0.15) is 31.7 Å². The summed E-state index contributed by atoms with van der Waals surface area (Å²) in [6.07, 6.45) is 0.816. The molecule has 3 N–H and O–H groups in total. The van der Waals surface area contributed by atoms with Crippen molar-refractivity contribution in [2.45, 2.75) is 38.3 Å². The first-order chi connectivity index (χ1) is 14.1. The van der Waals surface area contributed by atoms with Gasteiger partial charge in [0, 0.05) is 29.6 Å². The van der Waals surface area contributed by atoms with Crippen LogP contribution in [-0.2, 0) is 9.78 Å². The van der Waals surface area contributed by atoms with E-state index in [0.717, 1.165) is 6.42 Å². The molecule has 8 heteroatoms. The summed E-state index contributed by atoms with van der Waals surface area (Å²) < 4.78 is 26.3. The molecule has 0 aromatic heterocycles. The van der Waals surface area contributed by atoms with Crippen LogP contribution in [0.15, 0.2) is 42.5 Å². The molecule has 2 aromatic carbocycles. The van der Waals surface area contributed by atoms with Crippen LogP contribution in [0, 0.1) is 17.0 Å². The molecular weight excluding hydrogens is 433 g/mol. The summed E-state index contributed by atoms with van der Waals surface area (Å²) in [6, 6.07) is 10.8. The Hall–Kier alpha value is -1.28. The van der Waals surface area contributed by atoms with Crippen molar-refractivity contribution < 1.29 is 18.6 Å². The van der Waals surface area contributed by atoms with Crippen molar-refractivity contribution >= 4 is 23.2 Å². The molecule has 1 saturated heterocycles. The second-order valence-electron chi connectivity index (χ2n) is 8.08. The fourth-order valence-electron chi connectivity index (χ4n) is 3.50. The van der Waals surface area contributed by atoms with Crippen molar-refractivity contribution in [3.05, 3.63) is 69.7 Å². The first-order valence-electron chi connectivity index (χ1n) is 9.64. The first-order valence-corrected chi connectivity index (χ1v) is 10.4. The van der Waals surface area contributed by atoms with Crippen molar-refractivity contribution in [2.24, 2.45) is 11.1 Å². The molecule has 0 aliphatic carbocycles. The number of benzene rings is 2. The second kappa shape index (κ2) is 11.4. The van der Waals surface area contributed by atoms with Gasteiger partial charge in [-0.1, -0.05) is 55.2 Å². The van der Waals surface area contributed by atoms with E-state index in [1.165, 1.54) is 19.2 Å². The summed E-state index contributed by atoms with van der Waals surface area (Å²) in [4.78, 5) is 9.72. The zero-order valence-corrected chi connectivity index (χ0v) is 18.8. The summed E-state index contributed by atoms with van der Waals surface area (Å²) >= 11 is 11.3. The van der Waals surface area contributed by atoms with E-state index in [1.54, 1.807) is 30.3 Å². The minimum atomic E-state index is -0.367. The number of rotatable bonds is 6. The van der Waals surface area contributed by atoms with Gasteiger partial charge in [0.25, 0.3) is 0 Å². The van der Waals surface area contributed by atoms with Crippen LogP contribution in [0.5, 0.6) is 0 Å². The maximum atomic E-state index is 14.2. The molecule has 1 aliphatic rings. The van der Waals surface area contributed by atoms with Crippen LogP contribution in [0.3, 0.4) is 0 Å². The maximum Gasteiger partial charge on any atom is 0.145 e. The van der Waals surface area contributed by atoms with Crippen molar-refractivity contribution in [3.63, 3.8) is 0 Å². The average molecular weight is 461 g/mol. The molecule has 30 heavy (non-hydrogen) atoms. The Morgan fingerprint density at radius 2 is 1.87 bits per heavy atom. The Kier molecular flexibility index (Phi) is 9.47. The standard InChI is InChI=1S/C16H24ClFN2O2.C6H4ClF/c1-16(2,9-22-21-3)7-13-15(19)11(8-20-13)10-5-4-6-12(17)14(10)18;7-5-2-1-3-6(8)4-5/h4-6,11,13,15,20H,7-9,19H2,1-3H3;1-4H. The van der Waals surface area contributed by atoms with Gasteiger partial charge in [-0.3, -0.25) is 0 Å². The lowest BCUT2D eigenvalue weighted by molar-refractivity contribution is -0.288. The highest BCUT2D eigenvalue weighted by atomic mass is 35.5. The molecule has 2 aromatic rings. The van der Waals surface area contributed by atoms with Crippen molar-refractivity contribution in [1.82, 2.24) is 5.32 Å². The van der Waals surface area contributed by atoms with Gasteiger partial charge in [-0.25, -0.2) is 18.6 Å². The molecule has 1 heterocycles. The summed E-state index contributed by atoms with van der Waals surface area (Å²) in [6.45, 7) is 5.30. The predicted molar refractivity (Wildman–Crippen MR) is 117 cm³/mol. The number of nitrogens with one attached hydrogen (secondary N) is 1. The highest BCUT2D eigenvalue weighted by Gasteiger charge is 2.38. The summed E-state index contributed by atoms with van der Waals surface area (Å²) in [5, 5.41) is 3.98. The Labute approximate surface area is 186 Å². The fourth-order valence-corrected chi connectivity index (χ4v) is 3.85. The van der Waals surface area contributed by atoms with Crippen molar-refractivity contribution in [3.8, 4) is 0 Å². The van der Waals surface area contributed by atoms with Crippen molar-refractivity contribution in [1.29, 1.82) is 0 Å². The lowest BCUT2D eigenvalue weighted by Gasteiger charge is -2.29. The summed E-state index contributed by atoms with van der Waals surface area (Å²) in [7, 11) is 1.49. The molecule has 0 bridgehead atoms. The lowest BCUT2D eigenvalue weighted by Crippen LogP contribution is -2.42. The number of halogens is 4. The fraction of sp³-hybridized carbons (Fsp3) is 0.455. The first kappa shape index (κ1) is 25.0. The van der Waals surface area contributed by atoms with Gasteiger partial charge in [-0.05, 0) is 41.7 Å². The molecule has 0 spiro atoms. The average Bonchev–Trinajstić information content (AvgIpc) is 3.02. The van der Waals surface area contributed by atoms with E-state index in [0.29, 0.717) is 23.7 Å². The molecule has 166 valence electrons. The van der Waals surface area contributed by atoms with Crippen LogP contribution in [0.2, 0.25) is 10.0 Å². The summed E-state index contributed by atoms with van der Waals surface area (Å²) in [5.41, 5.74) is 6.86. The van der Waals surface area contributed by atoms with Gasteiger partial charge >= 0.3 is 0 Å². The highest BCUT2D eigenvalue weighted by molar-refractivity contribution is 6.31. The Balaban J connectivity index is 0.000000335. The highest BCUT2D eigenvalue weighted by Crippen LogP contribution is 2.34. The largest absolute Gasteiger partial charge is 0.326 e. The van der Waals surface area contributed by atoms with Crippen LogP contribution < -0.4 is 11.1 Å². The quantitative estimate of drug-likeness (QED) is 0.451. The number of nitrogens with two attached hydrogens (primary N) is 1. The monoisotopic (exact) mass is 460 g/mol. The van der Waals surface area contributed by atoms with Crippen LogP contribution >= 0.6 is 23.2 Å². The molecule has 3 unspecified atom stereocenters. The van der Waals surface area contributed by atoms with Crippen LogP contribution in [-0.4, -0.2) is 32.3 Å². The molecule has 0 amide bonds. The molecular formula is C22H28Cl2F2N2O2. The van der Waals surface area contributed by atoms with Crippen molar-refractivity contribution in [2.75, 3.05) is 20.3 Å². The minimum absolute atomic E-state index is 0.0807. The minimum Gasteiger partial charge on any atom is -0.326 e. The third-order valence-electron chi connectivity index (χ3n) is 5.04. The van der Waals surface area contributed by atoms with Gasteiger partial charge < -0.3 is 11.1 Å². The van der Waals surface area contributed by atoms with E-state index >= 15 is 0 Å². The van der Waals surface area contributed by atoms with Gasteiger partial charge in [-0.2, -0.15) is 0 Å². The smallest absolute Gasteiger partial charge is 0.145 e. The van der Waals surface area contributed by atoms with E-state index in [-0.39, 0.29) is 40.1 Å². The molecule has 3 atom stereocenters. The topological polar surface area (TPSA) is 56.5 Å². The SMILES string of the molecule is COOCC(C)(C)CC1NCC(c2cccc(Cl)c2F)C1N.Fc1cccc(Cl)c1. The van der Waals surface area contributed by atoms with E-state index in [9.17, 15) is 8.78 Å². The third-order valence-corrected chi connectivity index (χ3v) is 5.56. The molecule has 3 rings (SSSR count). The van der Waals surface area contributed by atoms with Gasteiger partial charge in [0.2, 0.25) is 0 Å². The van der Waals surface area contributed by atoms with E-state index in [1.807, 2.05) is 0 Å².